The van der Waals surface area contributed by atoms with Crippen molar-refractivity contribution in [3.8, 4) is 0 Å². The number of sulfonamides is 1. The van der Waals surface area contributed by atoms with E-state index in [1.54, 1.807) is 30.5 Å². The summed E-state index contributed by atoms with van der Waals surface area (Å²) < 4.78 is 26.8. The van der Waals surface area contributed by atoms with Gasteiger partial charge in [0, 0.05) is 29.9 Å². The fraction of sp³-hybridized carbons (Fsp3) is 0.250. The molecule has 0 aliphatic heterocycles. The lowest BCUT2D eigenvalue weighted by Crippen LogP contribution is -2.28. The van der Waals surface area contributed by atoms with Gasteiger partial charge < -0.3 is 5.32 Å². The molecule has 2 N–H and O–H groups in total. The average molecular weight is 332 g/mol. The molecule has 0 unspecified atom stereocenters. The fourth-order valence-corrected chi connectivity index (χ4v) is 4.07. The second kappa shape index (κ2) is 6.53. The van der Waals surface area contributed by atoms with Gasteiger partial charge in [0.15, 0.2) is 0 Å². The zero-order chi connectivity index (χ0) is 14.6. The Balaban J connectivity index is 1.84. The van der Waals surface area contributed by atoms with Gasteiger partial charge in [-0.2, -0.15) is 0 Å². The summed E-state index contributed by atoms with van der Waals surface area (Å²) in [6.45, 7) is 2.63. The highest BCUT2D eigenvalue weighted by Crippen LogP contribution is 2.20. The summed E-state index contributed by atoms with van der Waals surface area (Å²) in [7, 11) is -3.41. The van der Waals surface area contributed by atoms with E-state index in [9.17, 15) is 8.42 Å². The van der Waals surface area contributed by atoms with Crippen molar-refractivity contribution in [3.05, 3.63) is 40.5 Å². The van der Waals surface area contributed by atoms with Crippen LogP contribution in [0.25, 0.3) is 0 Å². The van der Waals surface area contributed by atoms with Gasteiger partial charge in [-0.15, -0.1) is 11.3 Å². The predicted molar refractivity (Wildman–Crippen MR) is 82.0 cm³/mol. The van der Waals surface area contributed by atoms with Crippen LogP contribution in [-0.2, 0) is 10.0 Å². The minimum Gasteiger partial charge on any atom is -0.384 e. The van der Waals surface area contributed by atoms with E-state index in [2.05, 4.69) is 15.0 Å². The van der Waals surface area contributed by atoms with Crippen LogP contribution in [-0.4, -0.2) is 26.5 Å². The van der Waals surface area contributed by atoms with Crippen LogP contribution in [0.2, 0.25) is 5.15 Å². The number of hydrogen-bond acceptors (Lipinski definition) is 5. The molecule has 0 atom stereocenters. The molecule has 0 fully saturated rings. The number of aryl methyl sites for hydroxylation is 1. The Kier molecular flexibility index (Phi) is 4.98. The number of thiophene rings is 1. The van der Waals surface area contributed by atoms with Crippen LogP contribution in [0.1, 0.15) is 4.88 Å². The van der Waals surface area contributed by atoms with Gasteiger partial charge in [-0.05, 0) is 31.2 Å². The molecule has 2 rings (SSSR count). The highest BCUT2D eigenvalue weighted by Gasteiger charge is 2.14. The quantitative estimate of drug-likeness (QED) is 0.630. The second-order valence-electron chi connectivity index (χ2n) is 4.06. The van der Waals surface area contributed by atoms with E-state index in [1.807, 2.05) is 6.92 Å². The third-order valence-electron chi connectivity index (χ3n) is 2.45. The van der Waals surface area contributed by atoms with Crippen LogP contribution >= 0.6 is 22.9 Å². The van der Waals surface area contributed by atoms with E-state index in [1.165, 1.54) is 11.3 Å². The van der Waals surface area contributed by atoms with Crippen LogP contribution in [0.15, 0.2) is 34.7 Å². The normalized spacial score (nSPS) is 11.5. The summed E-state index contributed by atoms with van der Waals surface area (Å²) in [5.74, 6) is 0. The number of pyridine rings is 1. The number of rotatable bonds is 6. The molecule has 0 aromatic carbocycles. The van der Waals surface area contributed by atoms with Crippen molar-refractivity contribution < 1.29 is 8.42 Å². The molecular formula is C12H14ClN3O2S2. The Morgan fingerprint density at radius 2 is 2.10 bits per heavy atom. The van der Waals surface area contributed by atoms with Crippen molar-refractivity contribution in [2.45, 2.75) is 11.1 Å². The largest absolute Gasteiger partial charge is 0.384 e. The molecule has 0 aliphatic rings. The number of halogens is 1. The average Bonchev–Trinajstić information content (AvgIpc) is 2.82. The Bertz CT molecular complexity index is 686. The lowest BCUT2D eigenvalue weighted by Gasteiger charge is -2.07. The van der Waals surface area contributed by atoms with Crippen molar-refractivity contribution >= 4 is 38.6 Å². The molecule has 0 aliphatic carbocycles. The first-order valence-corrected chi connectivity index (χ1v) is 8.57. The Hall–Kier alpha value is -1.15. The summed E-state index contributed by atoms with van der Waals surface area (Å²) in [5.41, 5.74) is 0.802. The van der Waals surface area contributed by atoms with Crippen molar-refractivity contribution in [1.82, 2.24) is 9.71 Å². The van der Waals surface area contributed by atoms with E-state index in [0.717, 1.165) is 10.6 Å². The third-order valence-corrected chi connectivity index (χ3v) is 5.61. The highest BCUT2D eigenvalue weighted by atomic mass is 35.5. The van der Waals surface area contributed by atoms with Crippen molar-refractivity contribution in [2.75, 3.05) is 18.4 Å². The van der Waals surface area contributed by atoms with Crippen LogP contribution in [0.5, 0.6) is 0 Å². The Morgan fingerprint density at radius 1 is 1.30 bits per heavy atom. The minimum absolute atomic E-state index is 0.291. The lowest BCUT2D eigenvalue weighted by molar-refractivity contribution is 0.585. The Labute approximate surface area is 127 Å². The maximum atomic E-state index is 12.0. The summed E-state index contributed by atoms with van der Waals surface area (Å²) in [6, 6.07) is 6.84. The van der Waals surface area contributed by atoms with Crippen LogP contribution < -0.4 is 10.0 Å². The molecule has 0 bridgehead atoms. The van der Waals surface area contributed by atoms with Gasteiger partial charge in [0.2, 0.25) is 10.0 Å². The molecular weight excluding hydrogens is 318 g/mol. The molecule has 108 valence electrons. The highest BCUT2D eigenvalue weighted by molar-refractivity contribution is 7.91. The third kappa shape index (κ3) is 4.17. The summed E-state index contributed by atoms with van der Waals surface area (Å²) in [4.78, 5) is 4.83. The molecule has 2 aromatic rings. The number of hydrogen-bond donors (Lipinski definition) is 2. The van der Waals surface area contributed by atoms with Crippen molar-refractivity contribution in [3.63, 3.8) is 0 Å². The van der Waals surface area contributed by atoms with Crippen LogP contribution in [0, 0.1) is 6.92 Å². The maximum Gasteiger partial charge on any atom is 0.250 e. The van der Waals surface area contributed by atoms with Crippen molar-refractivity contribution in [1.29, 1.82) is 0 Å². The lowest BCUT2D eigenvalue weighted by atomic mass is 10.4. The van der Waals surface area contributed by atoms with Gasteiger partial charge in [0.25, 0.3) is 0 Å². The van der Waals surface area contributed by atoms with Gasteiger partial charge in [-0.3, -0.25) is 0 Å². The van der Waals surface area contributed by atoms with E-state index < -0.39 is 10.0 Å². The van der Waals surface area contributed by atoms with Gasteiger partial charge in [-0.1, -0.05) is 11.6 Å². The smallest absolute Gasteiger partial charge is 0.250 e. The molecule has 20 heavy (non-hydrogen) atoms. The fourth-order valence-electron chi connectivity index (χ4n) is 1.53. The number of nitrogens with zero attached hydrogens (tertiary/aromatic N) is 1. The maximum absolute atomic E-state index is 12.0. The summed E-state index contributed by atoms with van der Waals surface area (Å²) in [6.07, 6.45) is 1.59. The molecule has 0 saturated heterocycles. The van der Waals surface area contributed by atoms with E-state index in [4.69, 9.17) is 11.6 Å². The molecule has 8 heteroatoms. The topological polar surface area (TPSA) is 71.1 Å². The van der Waals surface area contributed by atoms with Crippen LogP contribution in [0.4, 0.5) is 5.69 Å². The van der Waals surface area contributed by atoms with Gasteiger partial charge >= 0.3 is 0 Å². The molecule has 0 radical (unpaired) electrons. The van der Waals surface area contributed by atoms with Crippen LogP contribution in [0.3, 0.4) is 0 Å². The molecule has 2 heterocycles. The molecule has 0 spiro atoms. The Morgan fingerprint density at radius 3 is 2.75 bits per heavy atom. The zero-order valence-corrected chi connectivity index (χ0v) is 13.1. The number of anilines is 1. The molecule has 2 aromatic heterocycles. The summed E-state index contributed by atoms with van der Waals surface area (Å²) in [5, 5.41) is 3.46. The standard InChI is InChI=1S/C12H14ClN3O2S2/c1-9-2-3-12(19-9)20(17,18)16-7-6-14-10-4-5-15-11(13)8-10/h2-5,8,16H,6-7H2,1H3,(H,14,15). The first kappa shape index (κ1) is 15.2. The SMILES string of the molecule is Cc1ccc(S(=O)(=O)NCCNc2ccnc(Cl)c2)s1. The molecule has 0 amide bonds. The van der Waals surface area contributed by atoms with E-state index in [0.29, 0.717) is 22.5 Å². The first-order chi connectivity index (χ1) is 9.47. The summed E-state index contributed by atoms with van der Waals surface area (Å²) >= 11 is 7.01. The van der Waals surface area contributed by atoms with Gasteiger partial charge in [-0.25, -0.2) is 18.1 Å². The zero-order valence-electron chi connectivity index (χ0n) is 10.8. The first-order valence-electron chi connectivity index (χ1n) is 5.89. The second-order valence-corrected chi connectivity index (χ2v) is 7.73. The molecule has 5 nitrogen and oxygen atoms in total. The predicted octanol–water partition coefficient (Wildman–Crippen LogP) is 2.50. The van der Waals surface area contributed by atoms with E-state index >= 15 is 0 Å². The molecule has 0 saturated carbocycles. The van der Waals surface area contributed by atoms with Gasteiger partial charge in [0.05, 0.1) is 0 Å². The monoisotopic (exact) mass is 331 g/mol. The van der Waals surface area contributed by atoms with Crippen molar-refractivity contribution in [2.24, 2.45) is 0 Å². The minimum atomic E-state index is -3.41. The number of nitrogens with one attached hydrogen (secondary N) is 2. The number of aromatic nitrogens is 1. The van der Waals surface area contributed by atoms with E-state index in [-0.39, 0.29) is 0 Å². The van der Waals surface area contributed by atoms with Gasteiger partial charge in [0.1, 0.15) is 9.36 Å².